The first-order valence-electron chi connectivity index (χ1n) is 7.44. The summed E-state index contributed by atoms with van der Waals surface area (Å²) in [5.74, 6) is 1.36. The standard InChI is InChI=1S/C18H21N3O2S/c1-5-7-15-9-14(10-16(22-4)17(15)23-8-6-2)11-19-21-18-20-13(3)12-24-18/h5-6,9-12H,1-2,7-8H2,3-4H3,(H,20,21). The number of methoxy groups -OCH3 is 1. The van der Waals surface area contributed by atoms with Crippen molar-refractivity contribution in [3.05, 3.63) is 59.6 Å². The van der Waals surface area contributed by atoms with Crippen LogP contribution >= 0.6 is 11.3 Å². The predicted octanol–water partition coefficient (Wildman–Crippen LogP) is 4.20. The molecular formula is C18H21N3O2S. The van der Waals surface area contributed by atoms with E-state index >= 15 is 0 Å². The van der Waals surface area contributed by atoms with E-state index in [9.17, 15) is 0 Å². The van der Waals surface area contributed by atoms with Gasteiger partial charge in [0, 0.05) is 10.9 Å². The van der Waals surface area contributed by atoms with Crippen LogP contribution in [0, 0.1) is 6.92 Å². The number of ether oxygens (including phenoxy) is 2. The summed E-state index contributed by atoms with van der Waals surface area (Å²) in [4.78, 5) is 4.30. The minimum atomic E-state index is 0.416. The van der Waals surface area contributed by atoms with Crippen molar-refractivity contribution in [1.29, 1.82) is 0 Å². The van der Waals surface area contributed by atoms with Gasteiger partial charge >= 0.3 is 0 Å². The fourth-order valence-electron chi connectivity index (χ4n) is 2.09. The van der Waals surface area contributed by atoms with Crippen LogP contribution in [0.3, 0.4) is 0 Å². The number of rotatable bonds is 9. The zero-order valence-corrected chi connectivity index (χ0v) is 14.7. The van der Waals surface area contributed by atoms with E-state index in [2.05, 4.69) is 28.7 Å². The SMILES string of the molecule is C=CCOc1c(CC=C)cc(C=NNc2nc(C)cs2)cc1OC. The zero-order chi connectivity index (χ0) is 17.4. The van der Waals surface area contributed by atoms with Gasteiger partial charge in [0.2, 0.25) is 5.13 Å². The van der Waals surface area contributed by atoms with Crippen molar-refractivity contribution in [1.82, 2.24) is 4.98 Å². The smallest absolute Gasteiger partial charge is 0.203 e. The lowest BCUT2D eigenvalue weighted by Crippen LogP contribution is -2.02. The number of nitrogens with one attached hydrogen (secondary N) is 1. The molecule has 0 aliphatic carbocycles. The van der Waals surface area contributed by atoms with Gasteiger partial charge in [-0.25, -0.2) is 4.98 Å². The lowest BCUT2D eigenvalue weighted by molar-refractivity contribution is 0.323. The number of aromatic nitrogens is 1. The fraction of sp³-hybridized carbons (Fsp3) is 0.222. The van der Waals surface area contributed by atoms with Crippen LogP contribution in [0.2, 0.25) is 0 Å². The van der Waals surface area contributed by atoms with Crippen LogP contribution in [0.25, 0.3) is 0 Å². The Labute approximate surface area is 146 Å². The average molecular weight is 343 g/mol. The molecule has 0 amide bonds. The van der Waals surface area contributed by atoms with E-state index in [-0.39, 0.29) is 0 Å². The van der Waals surface area contributed by atoms with Crippen LogP contribution in [0.15, 0.2) is 47.9 Å². The number of thiazole rings is 1. The molecule has 1 heterocycles. The highest BCUT2D eigenvalue weighted by molar-refractivity contribution is 7.13. The maximum absolute atomic E-state index is 5.73. The quantitative estimate of drug-likeness (QED) is 0.421. The maximum Gasteiger partial charge on any atom is 0.203 e. The van der Waals surface area contributed by atoms with Gasteiger partial charge < -0.3 is 9.47 Å². The second-order valence-electron chi connectivity index (χ2n) is 4.97. The monoisotopic (exact) mass is 343 g/mol. The molecule has 0 saturated heterocycles. The lowest BCUT2D eigenvalue weighted by Gasteiger charge is -2.14. The van der Waals surface area contributed by atoms with Crippen LogP contribution in [0.5, 0.6) is 11.5 Å². The molecule has 1 N–H and O–H groups in total. The van der Waals surface area contributed by atoms with Gasteiger partial charge in [0.1, 0.15) is 6.61 Å². The van der Waals surface area contributed by atoms with Gasteiger partial charge in [-0.2, -0.15) is 5.10 Å². The van der Waals surface area contributed by atoms with Crippen molar-refractivity contribution in [3.8, 4) is 11.5 Å². The molecule has 2 rings (SSSR count). The van der Waals surface area contributed by atoms with Crippen molar-refractivity contribution < 1.29 is 9.47 Å². The zero-order valence-electron chi connectivity index (χ0n) is 13.9. The third-order valence-electron chi connectivity index (χ3n) is 3.08. The molecule has 5 nitrogen and oxygen atoms in total. The first-order chi connectivity index (χ1) is 11.7. The molecule has 0 saturated carbocycles. The number of nitrogens with zero attached hydrogens (tertiary/aromatic N) is 2. The van der Waals surface area contributed by atoms with E-state index in [4.69, 9.17) is 9.47 Å². The van der Waals surface area contributed by atoms with E-state index in [1.54, 1.807) is 19.4 Å². The van der Waals surface area contributed by atoms with Crippen LogP contribution in [-0.2, 0) is 6.42 Å². The number of anilines is 1. The van der Waals surface area contributed by atoms with Gasteiger partial charge in [0.25, 0.3) is 0 Å². The first kappa shape index (κ1) is 17.7. The molecule has 0 radical (unpaired) electrons. The van der Waals surface area contributed by atoms with E-state index in [1.807, 2.05) is 30.5 Å². The molecule has 1 aromatic heterocycles. The molecule has 0 unspecified atom stereocenters. The Bertz CT molecular complexity index is 738. The van der Waals surface area contributed by atoms with Gasteiger partial charge in [-0.15, -0.1) is 17.9 Å². The Kier molecular flexibility index (Phi) is 6.57. The fourth-order valence-corrected chi connectivity index (χ4v) is 2.73. The van der Waals surface area contributed by atoms with Crippen LogP contribution < -0.4 is 14.9 Å². The second kappa shape index (κ2) is 8.88. The van der Waals surface area contributed by atoms with Gasteiger partial charge in [0.15, 0.2) is 11.5 Å². The lowest BCUT2D eigenvalue weighted by atomic mass is 10.1. The molecule has 0 aliphatic heterocycles. The van der Waals surface area contributed by atoms with E-state index in [1.165, 1.54) is 11.3 Å². The number of allylic oxidation sites excluding steroid dienone is 1. The predicted molar refractivity (Wildman–Crippen MR) is 101 cm³/mol. The summed E-state index contributed by atoms with van der Waals surface area (Å²) < 4.78 is 11.2. The highest BCUT2D eigenvalue weighted by atomic mass is 32.1. The van der Waals surface area contributed by atoms with Crippen molar-refractivity contribution in [2.75, 3.05) is 19.1 Å². The van der Waals surface area contributed by atoms with Gasteiger partial charge in [-0.3, -0.25) is 5.43 Å². The molecular weight excluding hydrogens is 322 g/mol. The number of hydrogen-bond acceptors (Lipinski definition) is 6. The first-order valence-corrected chi connectivity index (χ1v) is 8.32. The highest BCUT2D eigenvalue weighted by Gasteiger charge is 2.11. The van der Waals surface area contributed by atoms with Crippen LogP contribution in [0.1, 0.15) is 16.8 Å². The number of hydrogen-bond donors (Lipinski definition) is 1. The summed E-state index contributed by atoms with van der Waals surface area (Å²) >= 11 is 1.51. The molecule has 0 spiro atoms. The Morgan fingerprint density at radius 2 is 2.17 bits per heavy atom. The van der Waals surface area contributed by atoms with E-state index in [0.29, 0.717) is 24.5 Å². The third kappa shape index (κ3) is 4.70. The average Bonchev–Trinajstić information content (AvgIpc) is 2.99. The Morgan fingerprint density at radius 1 is 1.33 bits per heavy atom. The Balaban J connectivity index is 2.24. The van der Waals surface area contributed by atoms with E-state index < -0.39 is 0 Å². The van der Waals surface area contributed by atoms with Crippen molar-refractivity contribution >= 4 is 22.7 Å². The van der Waals surface area contributed by atoms with Gasteiger partial charge in [-0.1, -0.05) is 18.7 Å². The molecule has 0 aliphatic rings. The molecule has 0 fully saturated rings. The second-order valence-corrected chi connectivity index (χ2v) is 5.83. The van der Waals surface area contributed by atoms with Crippen molar-refractivity contribution in [2.24, 2.45) is 5.10 Å². The highest BCUT2D eigenvalue weighted by Crippen LogP contribution is 2.33. The summed E-state index contributed by atoms with van der Waals surface area (Å²) in [5.41, 5.74) is 5.77. The van der Waals surface area contributed by atoms with Crippen molar-refractivity contribution in [3.63, 3.8) is 0 Å². The topological polar surface area (TPSA) is 55.7 Å². The molecule has 6 heteroatoms. The normalized spacial score (nSPS) is 10.6. The molecule has 0 bridgehead atoms. The number of benzene rings is 1. The molecule has 2 aromatic rings. The summed E-state index contributed by atoms with van der Waals surface area (Å²) in [6.07, 6.45) is 5.92. The van der Waals surface area contributed by atoms with Crippen LogP contribution in [-0.4, -0.2) is 24.9 Å². The van der Waals surface area contributed by atoms with Crippen molar-refractivity contribution in [2.45, 2.75) is 13.3 Å². The summed E-state index contributed by atoms with van der Waals surface area (Å²) in [5, 5.41) is 6.95. The molecule has 24 heavy (non-hydrogen) atoms. The minimum absolute atomic E-state index is 0.416. The number of hydrazone groups is 1. The summed E-state index contributed by atoms with van der Waals surface area (Å²) in [6, 6.07) is 3.88. The minimum Gasteiger partial charge on any atom is -0.493 e. The molecule has 126 valence electrons. The van der Waals surface area contributed by atoms with Gasteiger partial charge in [-0.05, 0) is 31.0 Å². The molecule has 0 atom stereocenters. The number of aryl methyl sites for hydroxylation is 1. The third-order valence-corrected chi connectivity index (χ3v) is 3.94. The van der Waals surface area contributed by atoms with Gasteiger partial charge in [0.05, 0.1) is 19.0 Å². The Hall–Kier alpha value is -2.60. The largest absolute Gasteiger partial charge is 0.493 e. The Morgan fingerprint density at radius 3 is 2.79 bits per heavy atom. The summed E-state index contributed by atoms with van der Waals surface area (Å²) in [7, 11) is 1.62. The molecule has 1 aromatic carbocycles. The summed E-state index contributed by atoms with van der Waals surface area (Å²) in [6.45, 7) is 9.83. The van der Waals surface area contributed by atoms with Crippen LogP contribution in [0.4, 0.5) is 5.13 Å². The van der Waals surface area contributed by atoms with E-state index in [0.717, 1.165) is 22.0 Å². The maximum atomic E-state index is 5.73.